The fraction of sp³-hybridized carbons (Fsp3) is 0.100. The van der Waals surface area contributed by atoms with E-state index in [2.05, 4.69) is 0 Å². The Bertz CT molecular complexity index is 791. The molecule has 0 saturated heterocycles. The van der Waals surface area contributed by atoms with Crippen molar-refractivity contribution in [3.63, 3.8) is 0 Å². The van der Waals surface area contributed by atoms with Gasteiger partial charge >= 0.3 is 6.18 Å². The minimum absolute atomic E-state index is 0.112. The average Bonchev–Trinajstić information content (AvgIpc) is 2.58. The quantitative estimate of drug-likeness (QED) is 0.633. The highest BCUT2D eigenvalue weighted by atomic mass is 19.4. The first kappa shape index (κ1) is 16.9. The van der Waals surface area contributed by atoms with E-state index in [1.807, 2.05) is 0 Å². The Kier molecular flexibility index (Phi) is 4.40. The van der Waals surface area contributed by atoms with E-state index in [1.165, 1.54) is 36.4 Å². The molecule has 128 valence electrons. The number of aromatic hydroxyl groups is 2. The Balaban J connectivity index is 2.07. The van der Waals surface area contributed by atoms with Crippen LogP contribution in [0.3, 0.4) is 0 Å². The average molecular weight is 344 g/mol. The van der Waals surface area contributed by atoms with Gasteiger partial charge in [-0.2, -0.15) is 13.2 Å². The van der Waals surface area contributed by atoms with Crippen LogP contribution in [-0.4, -0.2) is 10.2 Å². The van der Waals surface area contributed by atoms with Crippen molar-refractivity contribution in [2.45, 2.75) is 12.1 Å². The maximum Gasteiger partial charge on any atom is 0.416 e. The molecular formula is C20H15F3O2. The number of benzene rings is 3. The number of phenolic OH excluding ortho intramolecular Hbond substituents is 2. The summed E-state index contributed by atoms with van der Waals surface area (Å²) in [7, 11) is 0. The molecule has 0 aliphatic carbocycles. The molecule has 3 rings (SSSR count). The first-order valence-electron chi connectivity index (χ1n) is 7.59. The van der Waals surface area contributed by atoms with Crippen molar-refractivity contribution < 1.29 is 23.4 Å². The molecule has 3 aromatic carbocycles. The number of hydrogen-bond acceptors (Lipinski definition) is 2. The van der Waals surface area contributed by atoms with Crippen LogP contribution >= 0.6 is 0 Å². The van der Waals surface area contributed by atoms with E-state index in [4.69, 9.17) is 0 Å². The minimum Gasteiger partial charge on any atom is -0.508 e. The Labute approximate surface area is 142 Å². The van der Waals surface area contributed by atoms with Crippen molar-refractivity contribution in [2.24, 2.45) is 0 Å². The van der Waals surface area contributed by atoms with Crippen LogP contribution in [0.5, 0.6) is 11.5 Å². The van der Waals surface area contributed by atoms with Gasteiger partial charge in [0.15, 0.2) is 0 Å². The van der Waals surface area contributed by atoms with E-state index < -0.39 is 11.7 Å². The smallest absolute Gasteiger partial charge is 0.416 e. The number of hydrogen-bond donors (Lipinski definition) is 2. The molecule has 0 aromatic heterocycles. The third-order valence-corrected chi connectivity index (χ3v) is 4.02. The maximum absolute atomic E-state index is 12.8. The van der Waals surface area contributed by atoms with Gasteiger partial charge in [0, 0.05) is 5.92 Å². The fourth-order valence-corrected chi connectivity index (χ4v) is 2.78. The van der Waals surface area contributed by atoms with Crippen LogP contribution in [0.4, 0.5) is 13.2 Å². The molecule has 0 amide bonds. The van der Waals surface area contributed by atoms with Gasteiger partial charge in [0.05, 0.1) is 5.56 Å². The van der Waals surface area contributed by atoms with Gasteiger partial charge in [-0.05, 0) is 53.1 Å². The first-order valence-corrected chi connectivity index (χ1v) is 7.59. The van der Waals surface area contributed by atoms with E-state index in [0.29, 0.717) is 5.56 Å². The molecule has 0 spiro atoms. The number of phenols is 2. The lowest BCUT2D eigenvalue weighted by Gasteiger charge is -2.20. The van der Waals surface area contributed by atoms with Crippen LogP contribution in [0.1, 0.15) is 28.2 Å². The SMILES string of the molecule is Oc1ccc(C(c2ccc(O)cc2)c2ccc(C(F)(F)F)cc2)cc1. The predicted octanol–water partition coefficient (Wildman–Crippen LogP) is 5.30. The van der Waals surface area contributed by atoms with E-state index in [1.54, 1.807) is 24.3 Å². The summed E-state index contributed by atoms with van der Waals surface area (Å²) in [6.45, 7) is 0. The molecule has 0 aliphatic heterocycles. The van der Waals surface area contributed by atoms with E-state index in [9.17, 15) is 23.4 Å². The molecule has 2 N–H and O–H groups in total. The standard InChI is InChI=1S/C20H15F3O2/c21-20(22,23)16-7-1-13(2-8-16)19(14-3-9-17(24)10-4-14)15-5-11-18(25)12-6-15/h1-12,19,24-25H. The zero-order chi connectivity index (χ0) is 18.0. The van der Waals surface area contributed by atoms with Gasteiger partial charge in [-0.3, -0.25) is 0 Å². The highest BCUT2D eigenvalue weighted by Gasteiger charge is 2.30. The van der Waals surface area contributed by atoms with Crippen molar-refractivity contribution in [3.8, 4) is 11.5 Å². The normalized spacial score (nSPS) is 11.7. The van der Waals surface area contributed by atoms with Gasteiger partial charge < -0.3 is 10.2 Å². The molecule has 0 fully saturated rings. The second-order valence-electron chi connectivity index (χ2n) is 5.74. The molecule has 2 nitrogen and oxygen atoms in total. The Morgan fingerprint density at radius 1 is 0.560 bits per heavy atom. The third kappa shape index (κ3) is 3.76. The summed E-state index contributed by atoms with van der Waals surface area (Å²) in [5.74, 6) is -0.0928. The van der Waals surface area contributed by atoms with Crippen LogP contribution in [0.25, 0.3) is 0 Å². The summed E-state index contributed by atoms with van der Waals surface area (Å²) in [5, 5.41) is 19.0. The molecule has 0 aliphatic rings. The molecule has 0 heterocycles. The Morgan fingerprint density at radius 3 is 1.20 bits per heavy atom. The van der Waals surface area contributed by atoms with Gasteiger partial charge in [-0.15, -0.1) is 0 Å². The molecule has 5 heteroatoms. The lowest BCUT2D eigenvalue weighted by molar-refractivity contribution is -0.137. The highest BCUT2D eigenvalue weighted by molar-refractivity contribution is 5.46. The largest absolute Gasteiger partial charge is 0.508 e. The second kappa shape index (κ2) is 6.51. The van der Waals surface area contributed by atoms with Crippen LogP contribution in [-0.2, 0) is 6.18 Å². The monoisotopic (exact) mass is 344 g/mol. The molecule has 0 radical (unpaired) electrons. The van der Waals surface area contributed by atoms with Gasteiger partial charge in [-0.25, -0.2) is 0 Å². The van der Waals surface area contributed by atoms with E-state index in [-0.39, 0.29) is 17.4 Å². The number of rotatable bonds is 3. The van der Waals surface area contributed by atoms with Crippen molar-refractivity contribution in [1.29, 1.82) is 0 Å². The molecule has 0 unspecified atom stereocenters. The molecule has 0 bridgehead atoms. The van der Waals surface area contributed by atoms with Crippen molar-refractivity contribution in [3.05, 3.63) is 95.1 Å². The van der Waals surface area contributed by atoms with Gasteiger partial charge in [0.1, 0.15) is 11.5 Å². The number of halogens is 3. The van der Waals surface area contributed by atoms with Crippen molar-refractivity contribution >= 4 is 0 Å². The van der Waals surface area contributed by atoms with Crippen LogP contribution in [0.2, 0.25) is 0 Å². The summed E-state index contributed by atoms with van der Waals surface area (Å²) in [6, 6.07) is 18.1. The minimum atomic E-state index is -4.38. The van der Waals surface area contributed by atoms with Gasteiger partial charge in [0.25, 0.3) is 0 Å². The third-order valence-electron chi connectivity index (χ3n) is 4.02. The second-order valence-corrected chi connectivity index (χ2v) is 5.74. The summed E-state index contributed by atoms with van der Waals surface area (Å²) in [5.41, 5.74) is 1.63. The topological polar surface area (TPSA) is 40.5 Å². The summed E-state index contributed by atoms with van der Waals surface area (Å²) in [4.78, 5) is 0. The lowest BCUT2D eigenvalue weighted by atomic mass is 9.85. The van der Waals surface area contributed by atoms with E-state index in [0.717, 1.165) is 23.3 Å². The Hall–Kier alpha value is -2.95. The van der Waals surface area contributed by atoms with Gasteiger partial charge in [-0.1, -0.05) is 36.4 Å². The maximum atomic E-state index is 12.8. The van der Waals surface area contributed by atoms with Crippen LogP contribution in [0.15, 0.2) is 72.8 Å². The zero-order valence-corrected chi connectivity index (χ0v) is 13.0. The Morgan fingerprint density at radius 2 is 0.880 bits per heavy atom. The van der Waals surface area contributed by atoms with Crippen LogP contribution in [0, 0.1) is 0 Å². The lowest BCUT2D eigenvalue weighted by Crippen LogP contribution is -2.07. The van der Waals surface area contributed by atoms with Crippen molar-refractivity contribution in [1.82, 2.24) is 0 Å². The summed E-state index contributed by atoms with van der Waals surface area (Å²) >= 11 is 0. The first-order chi connectivity index (χ1) is 11.8. The molecule has 3 aromatic rings. The van der Waals surface area contributed by atoms with Gasteiger partial charge in [0.2, 0.25) is 0 Å². The highest BCUT2D eigenvalue weighted by Crippen LogP contribution is 2.35. The number of alkyl halides is 3. The summed E-state index contributed by atoms with van der Waals surface area (Å²) < 4.78 is 38.4. The predicted molar refractivity (Wildman–Crippen MR) is 88.6 cm³/mol. The molecule has 0 atom stereocenters. The molecular weight excluding hydrogens is 329 g/mol. The summed E-state index contributed by atoms with van der Waals surface area (Å²) in [6.07, 6.45) is -4.38. The fourth-order valence-electron chi connectivity index (χ4n) is 2.78. The van der Waals surface area contributed by atoms with E-state index >= 15 is 0 Å². The molecule has 25 heavy (non-hydrogen) atoms. The molecule has 0 saturated carbocycles. The van der Waals surface area contributed by atoms with Crippen LogP contribution < -0.4 is 0 Å². The zero-order valence-electron chi connectivity index (χ0n) is 13.0. The van der Waals surface area contributed by atoms with Crippen molar-refractivity contribution in [2.75, 3.05) is 0 Å².